The quantitative estimate of drug-likeness (QED) is 0.827. The first-order valence-corrected chi connectivity index (χ1v) is 7.18. The number of carbonyl (C=O) groups is 1. The molecule has 0 spiro atoms. The van der Waals surface area contributed by atoms with Crippen molar-refractivity contribution < 1.29 is 4.79 Å². The van der Waals surface area contributed by atoms with Crippen molar-refractivity contribution >= 4 is 11.9 Å². The van der Waals surface area contributed by atoms with E-state index in [0.717, 1.165) is 45.0 Å². The van der Waals surface area contributed by atoms with Crippen LogP contribution in [0.2, 0.25) is 0 Å². The molecule has 0 unspecified atom stereocenters. The van der Waals surface area contributed by atoms with Gasteiger partial charge in [0.2, 0.25) is 11.9 Å². The van der Waals surface area contributed by atoms with Crippen molar-refractivity contribution in [1.82, 2.24) is 14.5 Å². The van der Waals surface area contributed by atoms with Crippen LogP contribution in [0, 0.1) is 5.92 Å². The minimum absolute atomic E-state index is 0.194. The Kier molecular flexibility index (Phi) is 4.45. The molecule has 106 valence electrons. The second kappa shape index (κ2) is 6.08. The Hall–Kier alpha value is -1.52. The number of aromatic nitrogens is 2. The van der Waals surface area contributed by atoms with E-state index in [4.69, 9.17) is 0 Å². The predicted molar refractivity (Wildman–Crippen MR) is 76.1 cm³/mol. The number of rotatable bonds is 4. The smallest absolute Gasteiger partial charge is 0.225 e. The highest BCUT2D eigenvalue weighted by Gasteiger charge is 2.26. The average molecular weight is 264 g/mol. The number of hydrogen-bond acceptors (Lipinski definition) is 3. The largest absolute Gasteiger partial charge is 0.339 e. The molecule has 1 aliphatic rings. The van der Waals surface area contributed by atoms with Gasteiger partial charge in [-0.25, -0.2) is 4.98 Å². The van der Waals surface area contributed by atoms with Gasteiger partial charge in [-0.05, 0) is 12.8 Å². The molecule has 2 rings (SSSR count). The van der Waals surface area contributed by atoms with Crippen LogP contribution in [0.15, 0.2) is 12.4 Å². The monoisotopic (exact) mass is 264 g/mol. The summed E-state index contributed by atoms with van der Waals surface area (Å²) in [5.41, 5.74) is 0. The van der Waals surface area contributed by atoms with Crippen molar-refractivity contribution in [3.8, 4) is 0 Å². The summed E-state index contributed by atoms with van der Waals surface area (Å²) in [5, 5.41) is 0. The number of amides is 1. The fraction of sp³-hybridized carbons (Fsp3) is 0.714. The Morgan fingerprint density at radius 1 is 1.26 bits per heavy atom. The molecule has 1 aliphatic heterocycles. The zero-order chi connectivity index (χ0) is 13.8. The van der Waals surface area contributed by atoms with E-state index in [0.29, 0.717) is 5.91 Å². The van der Waals surface area contributed by atoms with Crippen LogP contribution in [0.25, 0.3) is 0 Å². The molecule has 1 saturated heterocycles. The number of carbonyl (C=O) groups excluding carboxylic acids is 1. The Balaban J connectivity index is 1.92. The van der Waals surface area contributed by atoms with Gasteiger partial charge in [0.25, 0.3) is 0 Å². The maximum Gasteiger partial charge on any atom is 0.225 e. The first kappa shape index (κ1) is 13.9. The topological polar surface area (TPSA) is 41.4 Å². The van der Waals surface area contributed by atoms with Crippen molar-refractivity contribution in [1.29, 1.82) is 0 Å². The third-order valence-corrected chi connectivity index (χ3v) is 4.00. The van der Waals surface area contributed by atoms with Crippen molar-refractivity contribution in [2.75, 3.05) is 31.1 Å². The van der Waals surface area contributed by atoms with Gasteiger partial charge in [0, 0.05) is 51.5 Å². The number of nitrogens with zero attached hydrogens (tertiary/aromatic N) is 4. The van der Waals surface area contributed by atoms with E-state index < -0.39 is 0 Å². The summed E-state index contributed by atoms with van der Waals surface area (Å²) in [4.78, 5) is 20.9. The van der Waals surface area contributed by atoms with Gasteiger partial charge in [0.15, 0.2) is 0 Å². The molecule has 5 heteroatoms. The Bertz CT molecular complexity index is 417. The second-order valence-electron chi connectivity index (χ2n) is 5.16. The van der Waals surface area contributed by atoms with Crippen LogP contribution in [-0.4, -0.2) is 46.5 Å². The summed E-state index contributed by atoms with van der Waals surface area (Å²) in [5.74, 6) is 1.51. The maximum absolute atomic E-state index is 12.3. The Morgan fingerprint density at radius 3 is 2.37 bits per heavy atom. The SMILES string of the molecule is CCC(CC)C(=O)N1CCN(c2nccn2C)CC1. The van der Waals surface area contributed by atoms with Gasteiger partial charge in [-0.2, -0.15) is 0 Å². The summed E-state index contributed by atoms with van der Waals surface area (Å²) >= 11 is 0. The zero-order valence-corrected chi connectivity index (χ0v) is 12.2. The molecular formula is C14H24N4O. The van der Waals surface area contributed by atoms with Gasteiger partial charge in [-0.15, -0.1) is 0 Å². The standard InChI is InChI=1S/C14H24N4O/c1-4-12(5-2)13(19)17-8-10-18(11-9-17)14-15-6-7-16(14)3/h6-7,12H,4-5,8-11H2,1-3H3. The molecule has 2 heterocycles. The minimum Gasteiger partial charge on any atom is -0.339 e. The van der Waals surface area contributed by atoms with Crippen molar-refractivity contribution in [3.63, 3.8) is 0 Å². The van der Waals surface area contributed by atoms with Gasteiger partial charge in [-0.1, -0.05) is 13.8 Å². The molecule has 1 aromatic heterocycles. The third-order valence-electron chi connectivity index (χ3n) is 4.00. The lowest BCUT2D eigenvalue weighted by molar-refractivity contribution is -0.136. The molecule has 1 fully saturated rings. The summed E-state index contributed by atoms with van der Waals surface area (Å²) < 4.78 is 2.03. The van der Waals surface area contributed by atoms with Gasteiger partial charge < -0.3 is 14.4 Å². The predicted octanol–water partition coefficient (Wildman–Crippen LogP) is 1.50. The maximum atomic E-state index is 12.3. The van der Waals surface area contributed by atoms with Gasteiger partial charge in [0.1, 0.15) is 0 Å². The summed E-state index contributed by atoms with van der Waals surface area (Å²) in [7, 11) is 2.00. The first-order valence-electron chi connectivity index (χ1n) is 7.18. The van der Waals surface area contributed by atoms with Crippen LogP contribution in [-0.2, 0) is 11.8 Å². The van der Waals surface area contributed by atoms with Crippen LogP contribution >= 0.6 is 0 Å². The number of aryl methyl sites for hydroxylation is 1. The molecule has 1 amide bonds. The molecule has 0 atom stereocenters. The lowest BCUT2D eigenvalue weighted by Gasteiger charge is -2.36. The number of piperazine rings is 1. The van der Waals surface area contributed by atoms with E-state index in [2.05, 4.69) is 23.7 Å². The van der Waals surface area contributed by atoms with Crippen molar-refractivity contribution in [2.24, 2.45) is 13.0 Å². The Labute approximate surface area is 115 Å². The summed E-state index contributed by atoms with van der Waals surface area (Å²) in [6, 6.07) is 0. The number of imidazole rings is 1. The fourth-order valence-corrected chi connectivity index (χ4v) is 2.69. The number of anilines is 1. The zero-order valence-electron chi connectivity index (χ0n) is 12.2. The van der Waals surface area contributed by atoms with Gasteiger partial charge in [0.05, 0.1) is 0 Å². The Morgan fingerprint density at radius 2 is 1.89 bits per heavy atom. The molecule has 1 aromatic rings. The van der Waals surface area contributed by atoms with E-state index >= 15 is 0 Å². The van der Waals surface area contributed by atoms with E-state index in [1.807, 2.05) is 28.9 Å². The molecule has 19 heavy (non-hydrogen) atoms. The van der Waals surface area contributed by atoms with E-state index in [9.17, 15) is 4.79 Å². The molecule has 0 N–H and O–H groups in total. The van der Waals surface area contributed by atoms with Crippen LogP contribution < -0.4 is 4.90 Å². The van der Waals surface area contributed by atoms with Crippen LogP contribution in [0.1, 0.15) is 26.7 Å². The lowest BCUT2D eigenvalue weighted by atomic mass is 10.0. The van der Waals surface area contributed by atoms with Crippen molar-refractivity contribution in [3.05, 3.63) is 12.4 Å². The first-order chi connectivity index (χ1) is 9.17. The highest BCUT2D eigenvalue weighted by atomic mass is 16.2. The molecular weight excluding hydrogens is 240 g/mol. The van der Waals surface area contributed by atoms with Crippen LogP contribution in [0.4, 0.5) is 5.95 Å². The lowest BCUT2D eigenvalue weighted by Crippen LogP contribution is -2.50. The van der Waals surface area contributed by atoms with Crippen molar-refractivity contribution in [2.45, 2.75) is 26.7 Å². The molecule has 0 aromatic carbocycles. The molecule has 0 radical (unpaired) electrons. The third kappa shape index (κ3) is 2.91. The van der Waals surface area contributed by atoms with E-state index in [-0.39, 0.29) is 5.92 Å². The highest BCUT2D eigenvalue weighted by molar-refractivity contribution is 5.79. The van der Waals surface area contributed by atoms with E-state index in [1.165, 1.54) is 0 Å². The normalized spacial score (nSPS) is 16.2. The summed E-state index contributed by atoms with van der Waals surface area (Å²) in [6.07, 6.45) is 5.65. The number of hydrogen-bond donors (Lipinski definition) is 0. The average Bonchev–Trinajstić information content (AvgIpc) is 2.86. The second-order valence-corrected chi connectivity index (χ2v) is 5.16. The molecule has 0 saturated carbocycles. The van der Waals surface area contributed by atoms with Crippen LogP contribution in [0.3, 0.4) is 0 Å². The van der Waals surface area contributed by atoms with Gasteiger partial charge in [-0.3, -0.25) is 4.79 Å². The minimum atomic E-state index is 0.194. The van der Waals surface area contributed by atoms with Crippen LogP contribution in [0.5, 0.6) is 0 Å². The van der Waals surface area contributed by atoms with E-state index in [1.54, 1.807) is 0 Å². The molecule has 0 aliphatic carbocycles. The highest BCUT2D eigenvalue weighted by Crippen LogP contribution is 2.17. The fourth-order valence-electron chi connectivity index (χ4n) is 2.69. The van der Waals surface area contributed by atoms with Gasteiger partial charge >= 0.3 is 0 Å². The summed E-state index contributed by atoms with van der Waals surface area (Å²) in [6.45, 7) is 7.55. The molecule has 0 bridgehead atoms. The molecule has 5 nitrogen and oxygen atoms in total.